The third kappa shape index (κ3) is 16.9. The van der Waals surface area contributed by atoms with E-state index in [-0.39, 0.29) is 0 Å². The zero-order valence-electron chi connectivity index (χ0n) is 64.0. The maximum absolute atomic E-state index is 4.74. The van der Waals surface area contributed by atoms with E-state index in [0.29, 0.717) is 0 Å². The molecule has 0 aliphatic carbocycles. The summed E-state index contributed by atoms with van der Waals surface area (Å²) in [5.74, 6) is 0. The predicted molar refractivity (Wildman–Crippen MR) is 418 cm³/mol. The van der Waals surface area contributed by atoms with Crippen molar-refractivity contribution in [2.75, 3.05) is 0 Å². The molecule has 0 fully saturated rings. The summed E-state index contributed by atoms with van der Waals surface area (Å²) in [5, 5.41) is 9.61. The van der Waals surface area contributed by atoms with E-state index in [4.69, 9.17) is 4.98 Å². The molecule has 0 saturated heterocycles. The molecule has 0 aliphatic rings. The minimum Gasteiger partial charge on any atom is -0.240 e. The van der Waals surface area contributed by atoms with Crippen LogP contribution in [0.4, 0.5) is 0 Å². The van der Waals surface area contributed by atoms with Gasteiger partial charge < -0.3 is 0 Å². The zero-order valence-corrected chi connectivity index (χ0v) is 66.5. The first-order valence-corrected chi connectivity index (χ1v) is 37.9. The van der Waals surface area contributed by atoms with E-state index in [1.54, 1.807) is 22.7 Å². The first-order chi connectivity index (χ1) is 48.4. The Morgan fingerprint density at radius 1 is 0.356 bits per heavy atom. The first-order valence-electron chi connectivity index (χ1n) is 35.3. The first kappa shape index (κ1) is 76.0. The van der Waals surface area contributed by atoms with E-state index in [1.807, 2.05) is 77.4 Å². The molecule has 0 radical (unpaired) electrons. The monoisotopic (exact) mass is 1410 g/mol. The van der Waals surface area contributed by atoms with Crippen molar-refractivity contribution in [2.24, 2.45) is 49.3 Å². The highest BCUT2D eigenvalue weighted by molar-refractivity contribution is 7.19. The van der Waals surface area contributed by atoms with Crippen LogP contribution >= 0.6 is 34.0 Å². The average Bonchev–Trinajstić information content (AvgIpc) is 1.79. The summed E-state index contributed by atoms with van der Waals surface area (Å²) in [6.07, 6.45) is 18.6. The Balaban J connectivity index is 0.000000138. The fourth-order valence-electron chi connectivity index (χ4n) is 13.2. The molecular weight excluding hydrogens is 1300 g/mol. The van der Waals surface area contributed by atoms with Gasteiger partial charge in [-0.15, -0.1) is 34.0 Å². The second kappa shape index (κ2) is 34.0. The number of benzene rings is 5. The standard InChI is InChI=1S/C16H17N2.C13H17N2.2C12H15N2.C11H15N2S.C10H13N2S.C9H12N3S/c1-4-15-11(2)17-14-9-12-7-5-6-8-13(12)10-16(14)18(15)3;1-5-12-11-7-6-9(2)10(3)13(11)14-8-15(12)4;1-4-12-10-7-9(2)5-6-11(10)13-8-14(12)3;1-4-12-10-6-5-9(2)7-11(10)13-8-14(12)3;1-5-9-11-10(12-6-13(9)4)7(2)8(3)14-11;1-4-8-10-9(7(2)5-13-10)11-6-12(8)3;1-4-7-8-9(10-5-12(7)3)11-6(2)13-8/h5-10H,4H2,1-3H3;6-8H,5H2,1-4H3;2*5-8H,4H2,1-3H3;6H,5H2,1-4H3;5-6H,4H2,1-3H3;5H,4H2,1-3H3/q7*+1. The molecule has 10 heterocycles. The topological polar surface area (TPSA) is 130 Å². The van der Waals surface area contributed by atoms with Crippen molar-refractivity contribution in [1.82, 2.24) is 39.9 Å². The molecular formula is C83H104N15S3+7. The Morgan fingerprint density at radius 3 is 1.46 bits per heavy atom. The summed E-state index contributed by atoms with van der Waals surface area (Å²) in [4.78, 5) is 37.0. The third-order valence-corrected chi connectivity index (χ3v) is 22.5. The van der Waals surface area contributed by atoms with Gasteiger partial charge in [-0.1, -0.05) is 96.5 Å². The lowest BCUT2D eigenvalue weighted by Gasteiger charge is -2.06. The van der Waals surface area contributed by atoms with Gasteiger partial charge in [-0.05, 0) is 156 Å². The number of thiophene rings is 2. The molecule has 0 unspecified atom stereocenters. The summed E-state index contributed by atoms with van der Waals surface area (Å²) in [6.45, 7) is 34.3. The van der Waals surface area contributed by atoms with E-state index in [0.717, 1.165) is 83.4 Å². The Bertz CT molecular complexity index is 5450. The minimum atomic E-state index is 0.887. The molecule has 0 N–H and O–H groups in total. The van der Waals surface area contributed by atoms with Crippen LogP contribution in [-0.4, -0.2) is 39.9 Å². The maximum atomic E-state index is 4.74. The Hall–Kier alpha value is -9.23. The van der Waals surface area contributed by atoms with Crippen molar-refractivity contribution in [3.63, 3.8) is 0 Å². The number of aromatic nitrogens is 15. The predicted octanol–water partition coefficient (Wildman–Crippen LogP) is 14.9. The zero-order chi connectivity index (χ0) is 73.1. The molecule has 15 aromatic rings. The van der Waals surface area contributed by atoms with Gasteiger partial charge in [0, 0.05) is 72.6 Å². The number of aryl methyl sites for hydroxylation is 22. The lowest BCUT2D eigenvalue weighted by atomic mass is 10.0. The number of thiazole rings is 1. The Morgan fingerprint density at radius 2 is 0.842 bits per heavy atom. The van der Waals surface area contributed by atoms with Crippen molar-refractivity contribution < 1.29 is 32.0 Å². The minimum absolute atomic E-state index is 0.887. The highest BCUT2D eigenvalue weighted by Crippen LogP contribution is 2.31. The number of hydrogen-bond acceptors (Lipinski definition) is 11. The van der Waals surface area contributed by atoms with Crippen LogP contribution in [0.5, 0.6) is 0 Å². The number of nitrogens with zero attached hydrogens (tertiary/aromatic N) is 15. The SMILES string of the molecule is CCc1c(C)nc2cc3ccccc3cc2[n+]1C.CCc1c2cc(C)ccc2nc[n+]1C.CCc1c2ccc(C)c(C)c2nc[n+]1C.CCc1c2ccc(C)cc2nc[n+]1C.CCc1c2sc(C)c(C)c2nc[n+]1C.CCc1c2sc(C)nc2nc[n+]1C.CCc1c2scc(C)c2nc[n+]1C. The second-order valence-electron chi connectivity index (χ2n) is 26.1. The molecule has 15 nitrogen and oxygen atoms in total. The fraction of sp³-hybridized carbons (Fsp3) is 0.361. The van der Waals surface area contributed by atoms with Gasteiger partial charge in [0.25, 0.3) is 43.6 Å². The van der Waals surface area contributed by atoms with Gasteiger partial charge in [-0.25, -0.2) is 32.4 Å². The lowest BCUT2D eigenvalue weighted by Crippen LogP contribution is -2.36. The Kier molecular flexibility index (Phi) is 25.5. The molecule has 101 heavy (non-hydrogen) atoms. The maximum Gasteiger partial charge on any atom is 0.288 e. The third-order valence-electron chi connectivity index (χ3n) is 19.1. The van der Waals surface area contributed by atoms with Crippen LogP contribution in [0.25, 0.3) is 85.3 Å². The van der Waals surface area contributed by atoms with Gasteiger partial charge in [-0.3, -0.25) is 0 Å². The quantitative estimate of drug-likeness (QED) is 0.114. The molecule has 10 aromatic heterocycles. The van der Waals surface area contributed by atoms with Crippen LogP contribution in [0.3, 0.4) is 0 Å². The molecule has 5 aromatic carbocycles. The van der Waals surface area contributed by atoms with E-state index in [9.17, 15) is 0 Å². The summed E-state index contributed by atoms with van der Waals surface area (Å²) in [7, 11) is 14.4. The van der Waals surface area contributed by atoms with Crippen molar-refractivity contribution in [3.05, 3.63) is 217 Å². The Labute approximate surface area is 609 Å². The molecule has 522 valence electrons. The van der Waals surface area contributed by atoms with Crippen molar-refractivity contribution in [1.29, 1.82) is 0 Å². The van der Waals surface area contributed by atoms with Crippen molar-refractivity contribution >= 4 is 119 Å². The summed E-state index contributed by atoms with van der Waals surface area (Å²) in [5.41, 5.74) is 27.2. The van der Waals surface area contributed by atoms with E-state index >= 15 is 0 Å². The van der Waals surface area contributed by atoms with Crippen LogP contribution in [0, 0.1) is 62.3 Å². The van der Waals surface area contributed by atoms with E-state index in [1.165, 1.54) is 136 Å². The summed E-state index contributed by atoms with van der Waals surface area (Å²) < 4.78 is 18.8. The molecule has 0 aliphatic heterocycles. The molecule has 15 rings (SSSR count). The summed E-state index contributed by atoms with van der Waals surface area (Å²) >= 11 is 5.38. The van der Waals surface area contributed by atoms with Gasteiger partial charge in [-0.2, -0.15) is 9.55 Å². The van der Waals surface area contributed by atoms with Gasteiger partial charge in [0.05, 0.1) is 63.5 Å². The largest absolute Gasteiger partial charge is 0.288 e. The van der Waals surface area contributed by atoms with Crippen LogP contribution in [0.2, 0.25) is 0 Å². The number of fused-ring (bicyclic) bond motifs is 8. The second-order valence-corrected chi connectivity index (χ2v) is 29.4. The molecule has 0 amide bonds. The van der Waals surface area contributed by atoms with Gasteiger partial charge in [0.1, 0.15) is 66.5 Å². The molecule has 0 saturated carbocycles. The van der Waals surface area contributed by atoms with Crippen LogP contribution in [0.15, 0.2) is 128 Å². The molecule has 0 bridgehead atoms. The number of rotatable bonds is 7. The van der Waals surface area contributed by atoms with Crippen LogP contribution in [0.1, 0.15) is 137 Å². The van der Waals surface area contributed by atoms with Crippen LogP contribution in [-0.2, 0) is 94.3 Å². The highest BCUT2D eigenvalue weighted by atomic mass is 32.1. The van der Waals surface area contributed by atoms with E-state index in [2.05, 4.69) is 289 Å². The summed E-state index contributed by atoms with van der Waals surface area (Å²) in [6, 6.07) is 30.1. The molecule has 0 atom stereocenters. The van der Waals surface area contributed by atoms with Gasteiger partial charge in [0.15, 0.2) is 27.6 Å². The van der Waals surface area contributed by atoms with Gasteiger partial charge in [0.2, 0.25) is 11.2 Å². The molecule has 18 heteroatoms. The smallest absolute Gasteiger partial charge is 0.240 e. The lowest BCUT2D eigenvalue weighted by molar-refractivity contribution is -0.680. The van der Waals surface area contributed by atoms with Crippen LogP contribution < -0.4 is 32.0 Å². The van der Waals surface area contributed by atoms with E-state index < -0.39 is 0 Å². The number of hydrogen-bond donors (Lipinski definition) is 0. The molecule has 0 spiro atoms. The normalized spacial score (nSPS) is 11.0. The van der Waals surface area contributed by atoms with Crippen molar-refractivity contribution in [3.8, 4) is 0 Å². The fourth-order valence-corrected chi connectivity index (χ4v) is 16.7. The van der Waals surface area contributed by atoms with Gasteiger partial charge >= 0.3 is 0 Å². The van der Waals surface area contributed by atoms with Crippen molar-refractivity contribution in [2.45, 2.75) is 156 Å². The average molecular weight is 1410 g/mol. The highest BCUT2D eigenvalue weighted by Gasteiger charge is 2.21.